The number of aliphatic carboxylic acids is 1. The summed E-state index contributed by atoms with van der Waals surface area (Å²) in [5, 5.41) is 14.4. The summed E-state index contributed by atoms with van der Waals surface area (Å²) in [4.78, 5) is 35.6. The molecule has 2 atom stereocenters. The smallest absolute Gasteiger partial charge is 0.407 e. The summed E-state index contributed by atoms with van der Waals surface area (Å²) in [7, 11) is 0. The molecule has 0 aromatic heterocycles. The minimum atomic E-state index is -0.828. The highest BCUT2D eigenvalue weighted by molar-refractivity contribution is 5.80. The number of rotatable bonds is 9. The molecule has 0 bridgehead atoms. The largest absolute Gasteiger partial charge is 0.481 e. The fraction of sp³-hybridized carbons (Fsp3) is 0.370. The van der Waals surface area contributed by atoms with E-state index in [0.717, 1.165) is 11.1 Å². The highest BCUT2D eigenvalue weighted by atomic mass is 16.5. The standard InChI is InChI=1S/C27H30N2O5/c30-25(31)14-5-6-15-28-26(32)18-8-7-9-19(16-18)29-27(33)34-17-24-22-12-3-1-10-20(22)21-11-2-4-13-23(21)24/h1-4,7,9-13,18-19,24H,5-6,8,14-17H2,(H,28,32)(H,29,33)(H,30,31)/t18-,19-/m1/s1. The van der Waals surface area contributed by atoms with E-state index in [1.807, 2.05) is 36.4 Å². The van der Waals surface area contributed by atoms with Crippen LogP contribution in [0.25, 0.3) is 11.1 Å². The van der Waals surface area contributed by atoms with Crippen molar-refractivity contribution in [2.75, 3.05) is 13.2 Å². The number of allylic oxidation sites excluding steroid dienone is 1. The molecule has 178 valence electrons. The molecule has 0 radical (unpaired) electrons. The van der Waals surface area contributed by atoms with E-state index in [4.69, 9.17) is 9.84 Å². The average molecular weight is 463 g/mol. The number of benzene rings is 2. The van der Waals surface area contributed by atoms with Gasteiger partial charge in [0.05, 0.1) is 6.04 Å². The predicted molar refractivity (Wildman–Crippen MR) is 128 cm³/mol. The van der Waals surface area contributed by atoms with E-state index in [1.54, 1.807) is 0 Å². The molecule has 2 aliphatic carbocycles. The summed E-state index contributed by atoms with van der Waals surface area (Å²) >= 11 is 0. The molecular weight excluding hydrogens is 432 g/mol. The third-order valence-electron chi connectivity index (χ3n) is 6.46. The number of carbonyl (C=O) groups excluding carboxylic acids is 2. The number of carbonyl (C=O) groups is 3. The van der Waals surface area contributed by atoms with Crippen molar-refractivity contribution < 1.29 is 24.2 Å². The lowest BCUT2D eigenvalue weighted by Crippen LogP contribution is -2.41. The molecule has 0 unspecified atom stereocenters. The van der Waals surface area contributed by atoms with Gasteiger partial charge in [0.15, 0.2) is 0 Å². The second-order valence-corrected chi connectivity index (χ2v) is 8.81. The molecule has 7 nitrogen and oxygen atoms in total. The summed E-state index contributed by atoms with van der Waals surface area (Å²) in [5.41, 5.74) is 4.68. The van der Waals surface area contributed by atoms with Crippen LogP contribution in [0, 0.1) is 5.92 Å². The monoisotopic (exact) mass is 462 g/mol. The van der Waals surface area contributed by atoms with E-state index in [-0.39, 0.29) is 36.8 Å². The van der Waals surface area contributed by atoms with Gasteiger partial charge < -0.3 is 20.5 Å². The highest BCUT2D eigenvalue weighted by Gasteiger charge is 2.30. The number of alkyl carbamates (subject to hydrolysis) is 1. The maximum Gasteiger partial charge on any atom is 0.407 e. The molecule has 7 heteroatoms. The zero-order valence-corrected chi connectivity index (χ0v) is 19.0. The van der Waals surface area contributed by atoms with Crippen molar-refractivity contribution in [2.45, 2.75) is 44.1 Å². The van der Waals surface area contributed by atoms with Gasteiger partial charge in [-0.25, -0.2) is 4.79 Å². The van der Waals surface area contributed by atoms with Crippen LogP contribution in [-0.4, -0.2) is 42.3 Å². The molecule has 0 fully saturated rings. The first-order chi connectivity index (χ1) is 16.5. The van der Waals surface area contributed by atoms with Gasteiger partial charge in [-0.3, -0.25) is 9.59 Å². The van der Waals surface area contributed by atoms with Crippen molar-refractivity contribution >= 4 is 18.0 Å². The number of carboxylic acids is 1. The van der Waals surface area contributed by atoms with Gasteiger partial charge >= 0.3 is 12.1 Å². The topological polar surface area (TPSA) is 105 Å². The summed E-state index contributed by atoms with van der Waals surface area (Å²) < 4.78 is 5.62. The molecule has 34 heavy (non-hydrogen) atoms. The number of hydrogen-bond donors (Lipinski definition) is 3. The molecule has 2 aromatic carbocycles. The summed E-state index contributed by atoms with van der Waals surface area (Å²) in [6.07, 6.45) is 5.70. The summed E-state index contributed by atoms with van der Waals surface area (Å²) in [6, 6.07) is 16.1. The van der Waals surface area contributed by atoms with E-state index in [1.165, 1.54) is 11.1 Å². The average Bonchev–Trinajstić information content (AvgIpc) is 3.16. The minimum Gasteiger partial charge on any atom is -0.481 e. The van der Waals surface area contributed by atoms with Crippen LogP contribution in [0.4, 0.5) is 4.79 Å². The lowest BCUT2D eigenvalue weighted by atomic mass is 9.90. The Kier molecular flexibility index (Phi) is 7.62. The second-order valence-electron chi connectivity index (χ2n) is 8.81. The van der Waals surface area contributed by atoms with Crippen LogP contribution in [0.1, 0.15) is 49.1 Å². The van der Waals surface area contributed by atoms with Crippen LogP contribution in [0.15, 0.2) is 60.7 Å². The zero-order chi connectivity index (χ0) is 23.9. The SMILES string of the molecule is O=C(O)CCCCNC(=O)[C@@H]1CC=C[C@@H](NC(=O)OCC2c3ccccc3-c3ccccc32)C1. The Morgan fingerprint density at radius 3 is 2.32 bits per heavy atom. The molecule has 0 heterocycles. The van der Waals surface area contributed by atoms with Gasteiger partial charge in [-0.2, -0.15) is 0 Å². The molecular formula is C27H30N2O5. The van der Waals surface area contributed by atoms with Gasteiger partial charge in [0.2, 0.25) is 5.91 Å². The lowest BCUT2D eigenvalue weighted by molar-refractivity contribution is -0.137. The third kappa shape index (κ3) is 5.65. The molecule has 0 spiro atoms. The van der Waals surface area contributed by atoms with Gasteiger partial charge in [0.1, 0.15) is 6.61 Å². The van der Waals surface area contributed by atoms with Crippen molar-refractivity contribution in [3.8, 4) is 11.1 Å². The van der Waals surface area contributed by atoms with Crippen LogP contribution < -0.4 is 10.6 Å². The maximum atomic E-state index is 12.6. The lowest BCUT2D eigenvalue weighted by Gasteiger charge is -2.25. The van der Waals surface area contributed by atoms with Crippen LogP contribution in [0.2, 0.25) is 0 Å². The van der Waals surface area contributed by atoms with Gasteiger partial charge in [-0.15, -0.1) is 0 Å². The maximum absolute atomic E-state index is 12.6. The molecule has 0 saturated heterocycles. The van der Waals surface area contributed by atoms with Gasteiger partial charge in [0, 0.05) is 24.8 Å². The minimum absolute atomic E-state index is 0.000277. The van der Waals surface area contributed by atoms with Crippen LogP contribution in [0.3, 0.4) is 0 Å². The Labute approximate surface area is 199 Å². The normalized spacial score (nSPS) is 18.6. The van der Waals surface area contributed by atoms with E-state index >= 15 is 0 Å². The van der Waals surface area contributed by atoms with Crippen molar-refractivity contribution in [2.24, 2.45) is 5.92 Å². The number of fused-ring (bicyclic) bond motifs is 3. The first-order valence-corrected chi connectivity index (χ1v) is 11.8. The van der Waals surface area contributed by atoms with Gasteiger partial charge in [-0.05, 0) is 47.9 Å². The van der Waals surface area contributed by atoms with E-state index in [9.17, 15) is 14.4 Å². The Morgan fingerprint density at radius 2 is 1.65 bits per heavy atom. The van der Waals surface area contributed by atoms with E-state index in [0.29, 0.717) is 32.2 Å². The molecule has 4 rings (SSSR count). The number of ether oxygens (including phenoxy) is 1. The fourth-order valence-corrected chi connectivity index (χ4v) is 4.76. The second kappa shape index (κ2) is 11.0. The van der Waals surface area contributed by atoms with E-state index in [2.05, 4.69) is 34.9 Å². The number of hydrogen-bond acceptors (Lipinski definition) is 4. The third-order valence-corrected chi connectivity index (χ3v) is 6.46. The first kappa shape index (κ1) is 23.5. The molecule has 0 aliphatic heterocycles. The Hall–Kier alpha value is -3.61. The van der Waals surface area contributed by atoms with E-state index < -0.39 is 12.1 Å². The Morgan fingerprint density at radius 1 is 0.971 bits per heavy atom. The molecule has 3 N–H and O–H groups in total. The fourth-order valence-electron chi connectivity index (χ4n) is 4.76. The first-order valence-electron chi connectivity index (χ1n) is 11.8. The van der Waals surface area contributed by atoms with Crippen LogP contribution in [0.5, 0.6) is 0 Å². The van der Waals surface area contributed by atoms with Crippen molar-refractivity contribution in [3.63, 3.8) is 0 Å². The Balaban J connectivity index is 1.25. The summed E-state index contributed by atoms with van der Waals surface area (Å²) in [6.45, 7) is 0.702. The number of amides is 2. The Bertz CT molecular complexity index is 1030. The van der Waals surface area contributed by atoms with Gasteiger partial charge in [-0.1, -0.05) is 60.7 Å². The molecule has 2 aliphatic rings. The van der Waals surface area contributed by atoms with Crippen LogP contribution in [-0.2, 0) is 14.3 Å². The molecule has 0 saturated carbocycles. The summed E-state index contributed by atoms with van der Waals surface area (Å²) in [5.74, 6) is -1.13. The highest BCUT2D eigenvalue weighted by Crippen LogP contribution is 2.44. The number of carboxylic acid groups (broad SMARTS) is 1. The molecule has 2 amide bonds. The van der Waals surface area contributed by atoms with Gasteiger partial charge in [0.25, 0.3) is 0 Å². The van der Waals surface area contributed by atoms with Crippen molar-refractivity contribution in [1.82, 2.24) is 10.6 Å². The zero-order valence-electron chi connectivity index (χ0n) is 19.0. The van der Waals surface area contributed by atoms with Crippen molar-refractivity contribution in [1.29, 1.82) is 0 Å². The van der Waals surface area contributed by atoms with Crippen LogP contribution >= 0.6 is 0 Å². The predicted octanol–water partition coefficient (Wildman–Crippen LogP) is 4.23. The number of nitrogens with one attached hydrogen (secondary N) is 2. The number of unbranched alkanes of at least 4 members (excludes halogenated alkanes) is 1. The van der Waals surface area contributed by atoms with Crippen molar-refractivity contribution in [3.05, 3.63) is 71.8 Å². The quantitative estimate of drug-likeness (QED) is 0.382. The molecule has 2 aromatic rings.